The van der Waals surface area contributed by atoms with Gasteiger partial charge in [-0.05, 0) is 47.9 Å². The molecule has 0 aliphatic carbocycles. The molecule has 0 amide bonds. The molecule has 2 aromatic carbocycles. The van der Waals surface area contributed by atoms with Crippen LogP contribution >= 0.6 is 0 Å². The Bertz CT molecular complexity index is 798. The Morgan fingerprint density at radius 3 is 2.08 bits per heavy atom. The first kappa shape index (κ1) is 19.6. The first-order chi connectivity index (χ1) is 12.1. The lowest BCUT2D eigenvalue weighted by atomic mass is 9.96. The number of halogens is 6. The average molecular weight is 372 g/mol. The van der Waals surface area contributed by atoms with E-state index in [9.17, 15) is 26.3 Å². The zero-order chi connectivity index (χ0) is 19.4. The summed E-state index contributed by atoms with van der Waals surface area (Å²) >= 11 is 0. The molecule has 0 spiro atoms. The van der Waals surface area contributed by atoms with Crippen LogP contribution in [0.15, 0.2) is 66.8 Å². The lowest BCUT2D eigenvalue weighted by molar-refractivity contribution is -0.274. The number of benzene rings is 2. The van der Waals surface area contributed by atoms with Gasteiger partial charge in [0, 0.05) is 0 Å². The Labute approximate surface area is 146 Å². The number of ether oxygens (including phenoxy) is 1. The third kappa shape index (κ3) is 5.40. The molecule has 0 aliphatic heterocycles. The first-order valence-corrected chi connectivity index (χ1v) is 7.47. The van der Waals surface area contributed by atoms with Crippen molar-refractivity contribution < 1.29 is 31.1 Å². The van der Waals surface area contributed by atoms with E-state index in [0.29, 0.717) is 16.7 Å². The van der Waals surface area contributed by atoms with Crippen LogP contribution in [0.1, 0.15) is 23.6 Å². The molecule has 2 rings (SSSR count). The topological polar surface area (TPSA) is 9.23 Å². The quantitative estimate of drug-likeness (QED) is 0.433. The van der Waals surface area contributed by atoms with Crippen molar-refractivity contribution >= 4 is 5.57 Å². The van der Waals surface area contributed by atoms with Crippen molar-refractivity contribution in [3.8, 4) is 5.75 Å². The van der Waals surface area contributed by atoms with Gasteiger partial charge in [0.25, 0.3) is 0 Å². The molecule has 0 fully saturated rings. The lowest BCUT2D eigenvalue weighted by Gasteiger charge is -2.13. The van der Waals surface area contributed by atoms with Gasteiger partial charge in [-0.2, -0.15) is 13.2 Å². The summed E-state index contributed by atoms with van der Waals surface area (Å²) in [5.41, 5.74) is 0.468. The van der Waals surface area contributed by atoms with Crippen molar-refractivity contribution in [1.82, 2.24) is 0 Å². The number of allylic oxidation sites excluding steroid dienone is 3. The van der Waals surface area contributed by atoms with Crippen molar-refractivity contribution in [1.29, 1.82) is 0 Å². The minimum atomic E-state index is -4.83. The summed E-state index contributed by atoms with van der Waals surface area (Å²) in [7, 11) is 0. The molecule has 0 aromatic heterocycles. The third-order valence-corrected chi connectivity index (χ3v) is 3.36. The van der Waals surface area contributed by atoms with Crippen LogP contribution in [0.3, 0.4) is 0 Å². The summed E-state index contributed by atoms with van der Waals surface area (Å²) < 4.78 is 79.2. The highest BCUT2D eigenvalue weighted by atomic mass is 19.4. The highest BCUT2D eigenvalue weighted by Crippen LogP contribution is 2.33. The van der Waals surface area contributed by atoms with E-state index in [0.717, 1.165) is 18.2 Å². The molecule has 0 saturated heterocycles. The summed E-state index contributed by atoms with van der Waals surface area (Å²) in [5.74, 6) is -0.409. The SMILES string of the molecule is CC=CC=C(c1ccc(C(F)(F)F)cc1)c1cccc(OC(F)(F)F)c1. The van der Waals surface area contributed by atoms with Crippen LogP contribution in [0, 0.1) is 0 Å². The maximum Gasteiger partial charge on any atom is 0.573 e. The van der Waals surface area contributed by atoms with Gasteiger partial charge in [-0.15, -0.1) is 13.2 Å². The molecule has 0 saturated carbocycles. The largest absolute Gasteiger partial charge is 0.573 e. The summed E-state index contributed by atoms with van der Waals surface area (Å²) in [5, 5.41) is 0. The maximum absolute atomic E-state index is 12.7. The second-order valence-corrected chi connectivity index (χ2v) is 5.26. The van der Waals surface area contributed by atoms with Gasteiger partial charge >= 0.3 is 12.5 Å². The van der Waals surface area contributed by atoms with E-state index in [2.05, 4.69) is 4.74 Å². The fourth-order valence-corrected chi connectivity index (χ4v) is 2.25. The molecule has 0 atom stereocenters. The van der Waals surface area contributed by atoms with Crippen LogP contribution in [0.2, 0.25) is 0 Å². The zero-order valence-electron chi connectivity index (χ0n) is 13.5. The molecule has 1 nitrogen and oxygen atoms in total. The molecule has 26 heavy (non-hydrogen) atoms. The minimum Gasteiger partial charge on any atom is -0.406 e. The van der Waals surface area contributed by atoms with E-state index in [4.69, 9.17) is 0 Å². The van der Waals surface area contributed by atoms with Gasteiger partial charge in [-0.25, -0.2) is 0 Å². The van der Waals surface area contributed by atoms with E-state index in [1.165, 1.54) is 24.3 Å². The van der Waals surface area contributed by atoms with Crippen molar-refractivity contribution in [2.24, 2.45) is 0 Å². The highest BCUT2D eigenvalue weighted by Gasteiger charge is 2.31. The fraction of sp³-hybridized carbons (Fsp3) is 0.158. The molecular weight excluding hydrogens is 358 g/mol. The Morgan fingerprint density at radius 2 is 1.54 bits per heavy atom. The van der Waals surface area contributed by atoms with Crippen molar-refractivity contribution in [2.45, 2.75) is 19.5 Å². The van der Waals surface area contributed by atoms with Crippen LogP contribution in [0.5, 0.6) is 5.75 Å². The Kier molecular flexibility index (Phi) is 5.79. The van der Waals surface area contributed by atoms with Crippen molar-refractivity contribution in [2.75, 3.05) is 0 Å². The molecule has 0 radical (unpaired) electrons. The van der Waals surface area contributed by atoms with Gasteiger partial charge in [-0.1, -0.05) is 42.5 Å². The van der Waals surface area contributed by atoms with Crippen molar-refractivity contribution in [3.63, 3.8) is 0 Å². The summed E-state index contributed by atoms with van der Waals surface area (Å²) in [6, 6.07) is 9.66. The van der Waals surface area contributed by atoms with Gasteiger partial charge in [0.05, 0.1) is 5.56 Å². The van der Waals surface area contributed by atoms with E-state index in [1.807, 2.05) is 0 Å². The van der Waals surface area contributed by atoms with Crippen LogP contribution in [-0.2, 0) is 6.18 Å². The van der Waals surface area contributed by atoms with E-state index in [-0.39, 0.29) is 0 Å². The predicted octanol–water partition coefficient (Wildman–Crippen LogP) is 6.61. The highest BCUT2D eigenvalue weighted by molar-refractivity contribution is 5.81. The molecule has 2 aromatic rings. The number of rotatable bonds is 4. The van der Waals surface area contributed by atoms with Crippen LogP contribution in [0.25, 0.3) is 5.57 Å². The fourth-order valence-electron chi connectivity index (χ4n) is 2.25. The molecule has 0 N–H and O–H groups in total. The molecule has 7 heteroatoms. The lowest BCUT2D eigenvalue weighted by Crippen LogP contribution is -2.17. The summed E-state index contributed by atoms with van der Waals surface area (Å²) in [4.78, 5) is 0. The Morgan fingerprint density at radius 1 is 0.885 bits per heavy atom. The third-order valence-electron chi connectivity index (χ3n) is 3.36. The van der Waals surface area contributed by atoms with Gasteiger partial charge in [0.1, 0.15) is 5.75 Å². The van der Waals surface area contributed by atoms with E-state index in [1.54, 1.807) is 31.2 Å². The van der Waals surface area contributed by atoms with Crippen LogP contribution in [-0.4, -0.2) is 6.36 Å². The molecule has 0 heterocycles. The number of alkyl halides is 6. The number of hydrogen-bond acceptors (Lipinski definition) is 1. The Hall–Kier alpha value is -2.70. The van der Waals surface area contributed by atoms with Gasteiger partial charge < -0.3 is 4.74 Å². The zero-order valence-corrected chi connectivity index (χ0v) is 13.5. The minimum absolute atomic E-state index is 0.379. The van der Waals surface area contributed by atoms with E-state index >= 15 is 0 Å². The van der Waals surface area contributed by atoms with Gasteiger partial charge in [0.15, 0.2) is 0 Å². The van der Waals surface area contributed by atoms with Gasteiger partial charge in [-0.3, -0.25) is 0 Å². The standard InChI is InChI=1S/C19H14F6O/c1-2-3-7-17(13-8-10-15(11-9-13)18(20,21)22)14-5-4-6-16(12-14)26-19(23,24)25/h2-12H,1H3. The smallest absolute Gasteiger partial charge is 0.406 e. The number of hydrogen-bond donors (Lipinski definition) is 0. The molecule has 0 aliphatic rings. The first-order valence-electron chi connectivity index (χ1n) is 7.47. The van der Waals surface area contributed by atoms with E-state index < -0.39 is 23.9 Å². The second kappa shape index (κ2) is 7.68. The molecule has 138 valence electrons. The predicted molar refractivity (Wildman–Crippen MR) is 86.5 cm³/mol. The van der Waals surface area contributed by atoms with Crippen molar-refractivity contribution in [3.05, 3.63) is 83.4 Å². The summed E-state index contributed by atoms with van der Waals surface area (Å²) in [6.45, 7) is 1.74. The molecular formula is C19H14F6O. The monoisotopic (exact) mass is 372 g/mol. The van der Waals surface area contributed by atoms with Gasteiger partial charge in [0.2, 0.25) is 0 Å². The molecule has 0 unspecified atom stereocenters. The normalized spacial score (nSPS) is 13.3. The maximum atomic E-state index is 12.7. The van der Waals surface area contributed by atoms with Crippen LogP contribution < -0.4 is 4.74 Å². The van der Waals surface area contributed by atoms with Crippen LogP contribution in [0.4, 0.5) is 26.3 Å². The Balaban J connectivity index is 2.45. The average Bonchev–Trinajstić information content (AvgIpc) is 2.54. The summed E-state index contributed by atoms with van der Waals surface area (Å²) in [6.07, 6.45) is -4.36. The molecule has 0 bridgehead atoms. The second-order valence-electron chi connectivity index (χ2n) is 5.26.